The third kappa shape index (κ3) is 4.78. The predicted octanol–water partition coefficient (Wildman–Crippen LogP) is 3.09. The average Bonchev–Trinajstić information content (AvgIpc) is 2.74. The van der Waals surface area contributed by atoms with Crippen molar-refractivity contribution in [3.63, 3.8) is 0 Å². The molecule has 28 heavy (non-hydrogen) atoms. The fourth-order valence-corrected chi connectivity index (χ4v) is 3.66. The van der Waals surface area contributed by atoms with E-state index >= 15 is 0 Å². The van der Waals surface area contributed by atoms with Crippen molar-refractivity contribution in [2.24, 2.45) is 0 Å². The molecule has 0 radical (unpaired) electrons. The van der Waals surface area contributed by atoms with Crippen LogP contribution in [0.4, 0.5) is 5.69 Å². The number of nitrogens with one attached hydrogen (secondary N) is 1. The lowest BCUT2D eigenvalue weighted by Gasteiger charge is -2.34. The van der Waals surface area contributed by atoms with E-state index in [9.17, 15) is 9.59 Å². The number of nitrogens with zero attached hydrogens (tertiary/aromatic N) is 2. The number of hydrogen-bond acceptors (Lipinski definition) is 3. The van der Waals surface area contributed by atoms with Gasteiger partial charge in [-0.1, -0.05) is 62.4 Å². The Labute approximate surface area is 167 Å². The molecule has 0 spiro atoms. The zero-order chi connectivity index (χ0) is 19.9. The van der Waals surface area contributed by atoms with Crippen molar-refractivity contribution in [3.8, 4) is 0 Å². The summed E-state index contributed by atoms with van der Waals surface area (Å²) >= 11 is 0. The molecular weight excluding hydrogens is 350 g/mol. The number of piperazine rings is 1. The van der Waals surface area contributed by atoms with Crippen molar-refractivity contribution in [1.82, 2.24) is 9.80 Å². The van der Waals surface area contributed by atoms with E-state index in [0.29, 0.717) is 13.1 Å². The van der Waals surface area contributed by atoms with Gasteiger partial charge in [-0.25, -0.2) is 0 Å². The number of carbonyl (C=O) groups excluding carboxylic acids is 2. The van der Waals surface area contributed by atoms with Crippen LogP contribution in [-0.2, 0) is 29.0 Å². The molecule has 1 heterocycles. The lowest BCUT2D eigenvalue weighted by atomic mass is 10.0. The number of aryl methyl sites for hydroxylation is 2. The molecular formula is C23H29N3O2. The van der Waals surface area contributed by atoms with Crippen molar-refractivity contribution in [2.45, 2.75) is 33.2 Å². The molecule has 0 aliphatic carbocycles. The van der Waals surface area contributed by atoms with Gasteiger partial charge in [0.05, 0.1) is 0 Å². The lowest BCUT2D eigenvalue weighted by molar-refractivity contribution is -0.144. The van der Waals surface area contributed by atoms with Crippen molar-refractivity contribution in [1.29, 1.82) is 0 Å². The second-order valence-electron chi connectivity index (χ2n) is 7.17. The van der Waals surface area contributed by atoms with Gasteiger partial charge in [-0.3, -0.25) is 14.5 Å². The SMILES string of the molecule is CCc1cccc(CC)c1NC(=O)C(=O)N1CCN(Cc2ccccc2)CC1. The van der Waals surface area contributed by atoms with Crippen LogP contribution in [0.1, 0.15) is 30.5 Å². The Morgan fingerprint density at radius 1 is 0.857 bits per heavy atom. The number of rotatable bonds is 5. The van der Waals surface area contributed by atoms with Crippen molar-refractivity contribution >= 4 is 17.5 Å². The number of anilines is 1. The summed E-state index contributed by atoms with van der Waals surface area (Å²) in [5.74, 6) is -0.973. The lowest BCUT2D eigenvalue weighted by Crippen LogP contribution is -2.51. The molecule has 2 aromatic carbocycles. The maximum atomic E-state index is 12.7. The van der Waals surface area contributed by atoms with Gasteiger partial charge in [-0.05, 0) is 29.5 Å². The molecule has 3 rings (SSSR count). The first kappa shape index (κ1) is 20.1. The molecule has 2 amide bonds. The Bertz CT molecular complexity index is 790. The van der Waals surface area contributed by atoms with Gasteiger partial charge >= 0.3 is 11.8 Å². The standard InChI is InChI=1S/C23H29N3O2/c1-3-19-11-8-12-20(4-2)21(19)24-22(27)23(28)26-15-13-25(14-16-26)17-18-9-6-5-7-10-18/h5-12H,3-4,13-17H2,1-2H3,(H,24,27). The number of amides is 2. The summed E-state index contributed by atoms with van der Waals surface area (Å²) in [4.78, 5) is 29.2. The van der Waals surface area contributed by atoms with Gasteiger partial charge in [0.15, 0.2) is 0 Å². The Morgan fingerprint density at radius 2 is 1.46 bits per heavy atom. The molecule has 0 aromatic heterocycles. The third-order valence-electron chi connectivity index (χ3n) is 5.34. The molecule has 5 heteroatoms. The molecule has 1 fully saturated rings. The first-order valence-electron chi connectivity index (χ1n) is 10.1. The summed E-state index contributed by atoms with van der Waals surface area (Å²) in [6, 6.07) is 16.3. The quantitative estimate of drug-likeness (QED) is 0.813. The van der Waals surface area contributed by atoms with Crippen LogP contribution < -0.4 is 5.32 Å². The van der Waals surface area contributed by atoms with Crippen LogP contribution in [0.3, 0.4) is 0 Å². The van der Waals surface area contributed by atoms with E-state index in [1.807, 2.05) is 36.4 Å². The van der Waals surface area contributed by atoms with Crippen molar-refractivity contribution in [2.75, 3.05) is 31.5 Å². The first-order chi connectivity index (χ1) is 13.6. The molecule has 0 atom stereocenters. The minimum atomic E-state index is -0.535. The van der Waals surface area contributed by atoms with Crippen LogP contribution >= 0.6 is 0 Å². The number of hydrogen-bond donors (Lipinski definition) is 1. The van der Waals surface area contributed by atoms with Crippen LogP contribution in [0.2, 0.25) is 0 Å². The largest absolute Gasteiger partial charge is 0.332 e. The van der Waals surface area contributed by atoms with Gasteiger partial charge in [0.1, 0.15) is 0 Å². The van der Waals surface area contributed by atoms with Crippen LogP contribution in [0.15, 0.2) is 48.5 Å². The highest BCUT2D eigenvalue weighted by Crippen LogP contribution is 2.22. The fourth-order valence-electron chi connectivity index (χ4n) is 3.66. The molecule has 0 bridgehead atoms. The summed E-state index contributed by atoms with van der Waals surface area (Å²) in [6.07, 6.45) is 1.63. The van der Waals surface area contributed by atoms with Gasteiger partial charge in [0, 0.05) is 38.4 Å². The summed E-state index contributed by atoms with van der Waals surface area (Å²) in [7, 11) is 0. The molecule has 0 unspecified atom stereocenters. The van der Waals surface area contributed by atoms with Crippen molar-refractivity contribution in [3.05, 3.63) is 65.2 Å². The highest BCUT2D eigenvalue weighted by Gasteiger charge is 2.26. The Morgan fingerprint density at radius 3 is 2.04 bits per heavy atom. The summed E-state index contributed by atoms with van der Waals surface area (Å²) < 4.78 is 0. The summed E-state index contributed by atoms with van der Waals surface area (Å²) in [5, 5.41) is 2.89. The van der Waals surface area contributed by atoms with E-state index in [1.54, 1.807) is 4.90 Å². The maximum Gasteiger partial charge on any atom is 0.313 e. The monoisotopic (exact) mass is 379 g/mol. The van der Waals surface area contributed by atoms with Crippen molar-refractivity contribution < 1.29 is 9.59 Å². The van der Waals surface area contributed by atoms with E-state index in [4.69, 9.17) is 0 Å². The third-order valence-corrected chi connectivity index (χ3v) is 5.34. The Balaban J connectivity index is 1.57. The predicted molar refractivity (Wildman–Crippen MR) is 112 cm³/mol. The maximum absolute atomic E-state index is 12.7. The Kier molecular flexibility index (Phi) is 6.82. The van der Waals surface area contributed by atoms with Crippen LogP contribution in [0.5, 0.6) is 0 Å². The molecule has 0 saturated carbocycles. The van der Waals surface area contributed by atoms with Crippen LogP contribution in [0, 0.1) is 0 Å². The minimum Gasteiger partial charge on any atom is -0.332 e. The average molecular weight is 380 g/mol. The van der Waals surface area contributed by atoms with Gasteiger partial charge in [0.25, 0.3) is 0 Å². The van der Waals surface area contributed by atoms with E-state index in [-0.39, 0.29) is 0 Å². The highest BCUT2D eigenvalue weighted by molar-refractivity contribution is 6.39. The molecule has 2 aromatic rings. The Hall–Kier alpha value is -2.66. The summed E-state index contributed by atoms with van der Waals surface area (Å²) in [5.41, 5.74) is 4.19. The zero-order valence-corrected chi connectivity index (χ0v) is 16.8. The molecule has 5 nitrogen and oxygen atoms in total. The van der Waals surface area contributed by atoms with Gasteiger partial charge < -0.3 is 10.2 Å². The molecule has 1 aliphatic heterocycles. The van der Waals surface area contributed by atoms with Gasteiger partial charge in [0.2, 0.25) is 0 Å². The fraction of sp³-hybridized carbons (Fsp3) is 0.391. The van der Waals surface area contributed by atoms with E-state index in [0.717, 1.165) is 49.3 Å². The minimum absolute atomic E-state index is 0.438. The normalized spacial score (nSPS) is 14.7. The number of carbonyl (C=O) groups is 2. The number of para-hydroxylation sites is 1. The van der Waals surface area contributed by atoms with Gasteiger partial charge in [-0.2, -0.15) is 0 Å². The second kappa shape index (κ2) is 9.51. The topological polar surface area (TPSA) is 52.7 Å². The summed E-state index contributed by atoms with van der Waals surface area (Å²) in [6.45, 7) is 7.69. The molecule has 148 valence electrons. The van der Waals surface area contributed by atoms with E-state index in [1.165, 1.54) is 5.56 Å². The van der Waals surface area contributed by atoms with Crippen LogP contribution in [0.25, 0.3) is 0 Å². The van der Waals surface area contributed by atoms with E-state index < -0.39 is 11.8 Å². The van der Waals surface area contributed by atoms with Gasteiger partial charge in [-0.15, -0.1) is 0 Å². The highest BCUT2D eigenvalue weighted by atomic mass is 16.2. The molecule has 1 aliphatic rings. The van der Waals surface area contributed by atoms with E-state index in [2.05, 4.69) is 36.2 Å². The zero-order valence-electron chi connectivity index (χ0n) is 16.8. The first-order valence-corrected chi connectivity index (χ1v) is 10.1. The van der Waals surface area contributed by atoms with Crippen LogP contribution in [-0.4, -0.2) is 47.8 Å². The smallest absolute Gasteiger partial charge is 0.313 e. The molecule has 1 N–H and O–H groups in total. The second-order valence-corrected chi connectivity index (χ2v) is 7.17. The number of benzene rings is 2. The molecule has 1 saturated heterocycles.